The van der Waals surface area contributed by atoms with Gasteiger partial charge in [-0.05, 0) is 0 Å². The Bertz CT molecular complexity index is 290. The van der Waals surface area contributed by atoms with Crippen molar-refractivity contribution in [2.45, 2.75) is 18.4 Å². The van der Waals surface area contributed by atoms with Gasteiger partial charge in [0.15, 0.2) is 5.60 Å². The Labute approximate surface area is 96.4 Å². The number of thiol groups is 1. The van der Waals surface area contributed by atoms with Gasteiger partial charge in [0.25, 0.3) is 0 Å². The van der Waals surface area contributed by atoms with Crippen LogP contribution in [0.4, 0.5) is 0 Å². The fraction of sp³-hybridized carbons (Fsp3) is 0.625. The first-order valence-corrected chi connectivity index (χ1v) is 4.89. The van der Waals surface area contributed by atoms with Crippen molar-refractivity contribution in [1.82, 2.24) is 0 Å². The zero-order valence-electron chi connectivity index (χ0n) is 8.25. The highest BCUT2D eigenvalue weighted by Crippen LogP contribution is 2.16. The molecule has 0 fully saturated rings. The molecule has 3 N–H and O–H groups in total. The zero-order valence-corrected chi connectivity index (χ0v) is 9.14. The summed E-state index contributed by atoms with van der Waals surface area (Å²) in [6, 6.07) is 0. The molecule has 0 saturated carbocycles. The third kappa shape index (κ3) is 4.99. The Morgan fingerprint density at radius 1 is 1.19 bits per heavy atom. The standard InChI is InChI=1S/C8H12O7S/c9-5(10)3-8(14,7(12)13)4-6(11)15-1-2-16/h14,16H,1-4H2,(H,9,10)(H,12,13). The van der Waals surface area contributed by atoms with Crippen LogP contribution in [-0.4, -0.2) is 51.2 Å². The number of hydrogen-bond acceptors (Lipinski definition) is 6. The minimum Gasteiger partial charge on any atom is -0.481 e. The van der Waals surface area contributed by atoms with E-state index in [1.54, 1.807) is 0 Å². The molecule has 7 nitrogen and oxygen atoms in total. The van der Waals surface area contributed by atoms with Crippen LogP contribution in [0.1, 0.15) is 12.8 Å². The van der Waals surface area contributed by atoms with Crippen LogP contribution in [0.3, 0.4) is 0 Å². The minimum absolute atomic E-state index is 0.0370. The van der Waals surface area contributed by atoms with Gasteiger partial charge in [0, 0.05) is 5.75 Å². The van der Waals surface area contributed by atoms with Crippen molar-refractivity contribution in [1.29, 1.82) is 0 Å². The van der Waals surface area contributed by atoms with Gasteiger partial charge >= 0.3 is 17.9 Å². The highest BCUT2D eigenvalue weighted by Gasteiger charge is 2.41. The summed E-state index contributed by atoms with van der Waals surface area (Å²) >= 11 is 3.75. The van der Waals surface area contributed by atoms with Crippen molar-refractivity contribution in [3.05, 3.63) is 0 Å². The van der Waals surface area contributed by atoms with Crippen LogP contribution in [0.25, 0.3) is 0 Å². The number of ether oxygens (including phenoxy) is 1. The van der Waals surface area contributed by atoms with Gasteiger partial charge in [-0.2, -0.15) is 12.6 Å². The van der Waals surface area contributed by atoms with Gasteiger partial charge in [-0.1, -0.05) is 0 Å². The largest absolute Gasteiger partial charge is 0.481 e. The molecule has 92 valence electrons. The van der Waals surface area contributed by atoms with E-state index in [1.807, 2.05) is 0 Å². The maximum absolute atomic E-state index is 11.0. The topological polar surface area (TPSA) is 121 Å². The molecule has 0 saturated heterocycles. The molecular formula is C8H12O7S. The second kappa shape index (κ2) is 6.33. The first-order valence-electron chi connectivity index (χ1n) is 4.26. The van der Waals surface area contributed by atoms with Crippen LogP contribution in [0.2, 0.25) is 0 Å². The van der Waals surface area contributed by atoms with Gasteiger partial charge in [-0.25, -0.2) is 4.79 Å². The van der Waals surface area contributed by atoms with Crippen molar-refractivity contribution in [2.24, 2.45) is 0 Å². The molecule has 0 aromatic carbocycles. The monoisotopic (exact) mass is 252 g/mol. The summed E-state index contributed by atoms with van der Waals surface area (Å²) in [5.41, 5.74) is -2.64. The van der Waals surface area contributed by atoms with E-state index in [2.05, 4.69) is 17.4 Å². The molecular weight excluding hydrogens is 240 g/mol. The molecule has 0 heterocycles. The SMILES string of the molecule is O=C(O)CC(O)(CC(=O)OCCS)C(=O)O. The lowest BCUT2D eigenvalue weighted by Crippen LogP contribution is -2.43. The lowest BCUT2D eigenvalue weighted by atomic mass is 9.96. The molecule has 0 amide bonds. The normalized spacial score (nSPS) is 13.9. The number of rotatable bonds is 7. The summed E-state index contributed by atoms with van der Waals surface area (Å²) in [5.74, 6) is -4.04. The lowest BCUT2D eigenvalue weighted by Gasteiger charge is -2.19. The van der Waals surface area contributed by atoms with E-state index in [-0.39, 0.29) is 12.4 Å². The Morgan fingerprint density at radius 3 is 2.12 bits per heavy atom. The molecule has 0 aromatic rings. The average molecular weight is 252 g/mol. The van der Waals surface area contributed by atoms with Crippen LogP contribution in [-0.2, 0) is 19.1 Å². The molecule has 0 aliphatic heterocycles. The molecule has 0 rings (SSSR count). The number of aliphatic hydroxyl groups is 1. The van der Waals surface area contributed by atoms with Crippen LogP contribution in [0.5, 0.6) is 0 Å². The molecule has 16 heavy (non-hydrogen) atoms. The molecule has 0 bridgehead atoms. The van der Waals surface area contributed by atoms with E-state index >= 15 is 0 Å². The summed E-state index contributed by atoms with van der Waals surface area (Å²) in [5, 5.41) is 26.4. The molecule has 0 spiro atoms. The van der Waals surface area contributed by atoms with Gasteiger partial charge in [0.05, 0.1) is 12.8 Å². The summed E-state index contributed by atoms with van der Waals surface area (Å²) < 4.78 is 4.49. The number of carbonyl (C=O) groups excluding carboxylic acids is 1. The third-order valence-electron chi connectivity index (χ3n) is 1.63. The molecule has 0 aromatic heterocycles. The van der Waals surface area contributed by atoms with Gasteiger partial charge in [-0.3, -0.25) is 9.59 Å². The zero-order chi connectivity index (χ0) is 12.8. The van der Waals surface area contributed by atoms with Gasteiger partial charge in [-0.15, -0.1) is 0 Å². The van der Waals surface area contributed by atoms with Gasteiger partial charge in [0.1, 0.15) is 6.61 Å². The van der Waals surface area contributed by atoms with Crippen molar-refractivity contribution in [3.63, 3.8) is 0 Å². The molecule has 8 heteroatoms. The summed E-state index contributed by atoms with van der Waals surface area (Å²) in [6.07, 6.45) is -1.99. The smallest absolute Gasteiger partial charge is 0.336 e. The molecule has 0 radical (unpaired) electrons. The Kier molecular flexibility index (Phi) is 5.83. The predicted molar refractivity (Wildman–Crippen MR) is 54.3 cm³/mol. The molecule has 1 unspecified atom stereocenters. The number of aliphatic carboxylic acids is 2. The van der Waals surface area contributed by atoms with E-state index in [1.165, 1.54) is 0 Å². The van der Waals surface area contributed by atoms with Gasteiger partial charge in [0.2, 0.25) is 0 Å². The maximum Gasteiger partial charge on any atom is 0.336 e. The summed E-state index contributed by atoms with van der Waals surface area (Å²) in [4.78, 5) is 32.0. The number of esters is 1. The average Bonchev–Trinajstić information content (AvgIpc) is 2.12. The second-order valence-corrected chi connectivity index (χ2v) is 3.48. The van der Waals surface area contributed by atoms with Crippen molar-refractivity contribution >= 4 is 30.5 Å². The Hall–Kier alpha value is -1.28. The predicted octanol–water partition coefficient (Wildman–Crippen LogP) is -0.860. The van der Waals surface area contributed by atoms with E-state index in [0.29, 0.717) is 0 Å². The number of carboxylic acids is 2. The highest BCUT2D eigenvalue weighted by atomic mass is 32.1. The maximum atomic E-state index is 11.0. The van der Waals surface area contributed by atoms with E-state index < -0.39 is 36.4 Å². The van der Waals surface area contributed by atoms with Crippen LogP contribution in [0.15, 0.2) is 0 Å². The Balaban J connectivity index is 4.49. The van der Waals surface area contributed by atoms with Crippen LogP contribution < -0.4 is 0 Å². The molecule has 0 aliphatic rings. The van der Waals surface area contributed by atoms with Crippen molar-refractivity contribution in [2.75, 3.05) is 12.4 Å². The number of carbonyl (C=O) groups is 3. The summed E-state index contributed by atoms with van der Waals surface area (Å²) in [7, 11) is 0. The van der Waals surface area contributed by atoms with Crippen LogP contribution >= 0.6 is 12.6 Å². The third-order valence-corrected chi connectivity index (χ3v) is 1.82. The van der Waals surface area contributed by atoms with Gasteiger partial charge < -0.3 is 20.1 Å². The molecule has 0 aliphatic carbocycles. The van der Waals surface area contributed by atoms with E-state index in [0.717, 1.165) is 0 Å². The minimum atomic E-state index is -2.64. The fourth-order valence-electron chi connectivity index (χ4n) is 0.913. The van der Waals surface area contributed by atoms with Crippen molar-refractivity contribution < 1.29 is 34.4 Å². The second-order valence-electron chi connectivity index (χ2n) is 3.03. The number of carboxylic acid groups (broad SMARTS) is 2. The quantitative estimate of drug-likeness (QED) is 0.343. The highest BCUT2D eigenvalue weighted by molar-refractivity contribution is 7.80. The lowest BCUT2D eigenvalue weighted by molar-refractivity contribution is -0.171. The first-order chi connectivity index (χ1) is 7.31. The molecule has 1 atom stereocenters. The summed E-state index contributed by atoms with van der Waals surface area (Å²) in [6.45, 7) is -0.0370. The van der Waals surface area contributed by atoms with Crippen LogP contribution in [0, 0.1) is 0 Å². The van der Waals surface area contributed by atoms with E-state index in [4.69, 9.17) is 10.2 Å². The van der Waals surface area contributed by atoms with Crippen molar-refractivity contribution in [3.8, 4) is 0 Å². The number of hydrogen-bond donors (Lipinski definition) is 4. The Morgan fingerprint density at radius 2 is 1.75 bits per heavy atom. The van der Waals surface area contributed by atoms with E-state index in [9.17, 15) is 19.5 Å². The fourth-order valence-corrected chi connectivity index (χ4v) is 1.00. The first kappa shape index (κ1) is 14.7.